The van der Waals surface area contributed by atoms with Gasteiger partial charge in [0.25, 0.3) is 0 Å². The molecular weight excluding hydrogens is 258 g/mol. The molecule has 6 nitrogen and oxygen atoms in total. The SMILES string of the molecule is CCOC(=O)N1CCC(NC(=O)NCCC(C)C)CC1. The number of nitrogens with zero attached hydrogens (tertiary/aromatic N) is 1. The minimum Gasteiger partial charge on any atom is -0.450 e. The van der Waals surface area contributed by atoms with Gasteiger partial charge in [0.15, 0.2) is 0 Å². The Balaban J connectivity index is 2.18. The third-order valence-electron chi connectivity index (χ3n) is 3.36. The van der Waals surface area contributed by atoms with Crippen LogP contribution in [-0.4, -0.2) is 49.3 Å². The fourth-order valence-corrected chi connectivity index (χ4v) is 2.13. The Morgan fingerprint density at radius 2 is 1.95 bits per heavy atom. The van der Waals surface area contributed by atoms with Crippen molar-refractivity contribution in [3.63, 3.8) is 0 Å². The molecule has 0 unspecified atom stereocenters. The topological polar surface area (TPSA) is 70.7 Å². The van der Waals surface area contributed by atoms with Gasteiger partial charge in [-0.05, 0) is 32.1 Å². The highest BCUT2D eigenvalue weighted by atomic mass is 16.6. The fraction of sp³-hybridized carbons (Fsp3) is 0.857. The summed E-state index contributed by atoms with van der Waals surface area (Å²) in [6, 6.07) is 0.0277. The van der Waals surface area contributed by atoms with E-state index in [1.54, 1.807) is 11.8 Å². The zero-order valence-electron chi connectivity index (χ0n) is 12.8. The second-order valence-electron chi connectivity index (χ2n) is 5.54. The maximum Gasteiger partial charge on any atom is 0.409 e. The van der Waals surface area contributed by atoms with Gasteiger partial charge in [0.1, 0.15) is 0 Å². The van der Waals surface area contributed by atoms with E-state index in [1.807, 2.05) is 0 Å². The third kappa shape index (κ3) is 6.12. The molecule has 0 bridgehead atoms. The van der Waals surface area contributed by atoms with Gasteiger partial charge in [-0.2, -0.15) is 0 Å². The molecule has 1 aliphatic heterocycles. The molecule has 0 aliphatic carbocycles. The molecule has 3 amide bonds. The average molecular weight is 285 g/mol. The first-order valence-corrected chi connectivity index (χ1v) is 7.49. The number of hydrogen-bond donors (Lipinski definition) is 2. The molecule has 20 heavy (non-hydrogen) atoms. The van der Waals surface area contributed by atoms with E-state index in [4.69, 9.17) is 4.74 Å². The monoisotopic (exact) mass is 285 g/mol. The Kier molecular flexibility index (Phi) is 7.18. The van der Waals surface area contributed by atoms with Gasteiger partial charge in [0.05, 0.1) is 6.61 Å². The normalized spacial score (nSPS) is 16.1. The minimum absolute atomic E-state index is 0.111. The summed E-state index contributed by atoms with van der Waals surface area (Å²) in [5, 5.41) is 5.82. The molecule has 0 spiro atoms. The van der Waals surface area contributed by atoms with Crippen LogP contribution in [0.2, 0.25) is 0 Å². The van der Waals surface area contributed by atoms with E-state index in [9.17, 15) is 9.59 Å². The standard InChI is InChI=1S/C14H27N3O3/c1-4-20-14(19)17-9-6-12(7-10-17)16-13(18)15-8-5-11(2)3/h11-12H,4-10H2,1-3H3,(H2,15,16,18). The van der Waals surface area contributed by atoms with Gasteiger partial charge in [0.2, 0.25) is 0 Å². The first kappa shape index (κ1) is 16.6. The van der Waals surface area contributed by atoms with Crippen molar-refractivity contribution < 1.29 is 14.3 Å². The molecule has 0 saturated carbocycles. The van der Waals surface area contributed by atoms with Crippen molar-refractivity contribution in [2.45, 2.75) is 46.1 Å². The molecule has 1 saturated heterocycles. The molecule has 0 aromatic carbocycles. The van der Waals surface area contributed by atoms with Gasteiger partial charge < -0.3 is 20.3 Å². The second kappa shape index (κ2) is 8.66. The lowest BCUT2D eigenvalue weighted by atomic mass is 10.1. The Morgan fingerprint density at radius 1 is 1.30 bits per heavy atom. The van der Waals surface area contributed by atoms with E-state index in [2.05, 4.69) is 24.5 Å². The first-order valence-electron chi connectivity index (χ1n) is 7.49. The Morgan fingerprint density at radius 3 is 2.50 bits per heavy atom. The quantitative estimate of drug-likeness (QED) is 0.811. The number of rotatable bonds is 5. The number of hydrogen-bond acceptors (Lipinski definition) is 3. The second-order valence-corrected chi connectivity index (χ2v) is 5.54. The molecule has 1 rings (SSSR count). The van der Waals surface area contributed by atoms with Crippen molar-refractivity contribution in [3.8, 4) is 0 Å². The van der Waals surface area contributed by atoms with E-state index >= 15 is 0 Å². The fourth-order valence-electron chi connectivity index (χ4n) is 2.13. The van der Waals surface area contributed by atoms with E-state index in [-0.39, 0.29) is 18.2 Å². The van der Waals surface area contributed by atoms with Crippen LogP contribution >= 0.6 is 0 Å². The van der Waals surface area contributed by atoms with Crippen LogP contribution in [0.4, 0.5) is 9.59 Å². The van der Waals surface area contributed by atoms with Gasteiger partial charge in [0, 0.05) is 25.7 Å². The highest BCUT2D eigenvalue weighted by molar-refractivity contribution is 5.74. The van der Waals surface area contributed by atoms with Crippen LogP contribution in [0.25, 0.3) is 0 Å². The summed E-state index contributed by atoms with van der Waals surface area (Å²) in [7, 11) is 0. The predicted molar refractivity (Wildman–Crippen MR) is 77.6 cm³/mol. The Labute approximate surface area is 121 Å². The number of amides is 3. The molecular formula is C14H27N3O3. The third-order valence-corrected chi connectivity index (χ3v) is 3.36. The molecule has 0 atom stereocenters. The van der Waals surface area contributed by atoms with Crippen molar-refractivity contribution in [2.24, 2.45) is 5.92 Å². The van der Waals surface area contributed by atoms with Gasteiger partial charge in [-0.1, -0.05) is 13.8 Å². The Bertz CT molecular complexity index is 313. The molecule has 0 radical (unpaired) electrons. The number of nitrogens with one attached hydrogen (secondary N) is 2. The molecule has 6 heteroatoms. The van der Waals surface area contributed by atoms with Crippen LogP contribution in [0.1, 0.15) is 40.0 Å². The van der Waals surface area contributed by atoms with Gasteiger partial charge in [-0.15, -0.1) is 0 Å². The van der Waals surface area contributed by atoms with E-state index in [0.29, 0.717) is 32.2 Å². The lowest BCUT2D eigenvalue weighted by Gasteiger charge is -2.31. The molecule has 1 heterocycles. The number of ether oxygens (including phenoxy) is 1. The minimum atomic E-state index is -0.257. The van der Waals surface area contributed by atoms with Crippen LogP contribution in [0.3, 0.4) is 0 Å². The molecule has 1 fully saturated rings. The van der Waals surface area contributed by atoms with Gasteiger partial charge >= 0.3 is 12.1 Å². The van der Waals surface area contributed by atoms with E-state index in [0.717, 1.165) is 19.3 Å². The highest BCUT2D eigenvalue weighted by Crippen LogP contribution is 2.11. The van der Waals surface area contributed by atoms with Crippen LogP contribution in [0.5, 0.6) is 0 Å². The zero-order chi connectivity index (χ0) is 15.0. The molecule has 1 aliphatic rings. The number of urea groups is 1. The van der Waals surface area contributed by atoms with Crippen molar-refractivity contribution in [2.75, 3.05) is 26.2 Å². The van der Waals surface area contributed by atoms with Gasteiger partial charge in [-0.25, -0.2) is 9.59 Å². The summed E-state index contributed by atoms with van der Waals surface area (Å²) in [5.41, 5.74) is 0. The largest absolute Gasteiger partial charge is 0.450 e. The number of carbonyl (C=O) groups is 2. The van der Waals surface area contributed by atoms with Crippen molar-refractivity contribution in [1.82, 2.24) is 15.5 Å². The number of likely N-dealkylation sites (tertiary alicyclic amines) is 1. The predicted octanol–water partition coefficient (Wildman–Crippen LogP) is 1.95. The summed E-state index contributed by atoms with van der Waals surface area (Å²) in [6.45, 7) is 8.43. The van der Waals surface area contributed by atoms with E-state index in [1.165, 1.54) is 0 Å². The summed E-state index contributed by atoms with van der Waals surface area (Å²) in [5.74, 6) is 0.586. The lowest BCUT2D eigenvalue weighted by Crippen LogP contribution is -2.49. The molecule has 0 aromatic heterocycles. The van der Waals surface area contributed by atoms with Crippen molar-refractivity contribution >= 4 is 12.1 Å². The lowest BCUT2D eigenvalue weighted by molar-refractivity contribution is 0.0957. The smallest absolute Gasteiger partial charge is 0.409 e. The van der Waals surface area contributed by atoms with Crippen molar-refractivity contribution in [3.05, 3.63) is 0 Å². The maximum atomic E-state index is 11.7. The summed E-state index contributed by atoms with van der Waals surface area (Å²) >= 11 is 0. The summed E-state index contributed by atoms with van der Waals surface area (Å²) < 4.78 is 4.96. The molecule has 0 aromatic rings. The zero-order valence-corrected chi connectivity index (χ0v) is 12.8. The molecule has 116 valence electrons. The van der Waals surface area contributed by atoms with Crippen LogP contribution in [-0.2, 0) is 4.74 Å². The molecule has 2 N–H and O–H groups in total. The number of carbonyl (C=O) groups excluding carboxylic acids is 2. The summed E-state index contributed by atoms with van der Waals surface area (Å²) in [4.78, 5) is 24.9. The number of piperidine rings is 1. The highest BCUT2D eigenvalue weighted by Gasteiger charge is 2.24. The maximum absolute atomic E-state index is 11.7. The average Bonchev–Trinajstić information content (AvgIpc) is 2.39. The van der Waals surface area contributed by atoms with Gasteiger partial charge in [-0.3, -0.25) is 0 Å². The van der Waals surface area contributed by atoms with Crippen molar-refractivity contribution in [1.29, 1.82) is 0 Å². The summed E-state index contributed by atoms with van der Waals surface area (Å²) in [6.07, 6.45) is 2.27. The Hall–Kier alpha value is -1.46. The van der Waals surface area contributed by atoms with E-state index < -0.39 is 0 Å². The van der Waals surface area contributed by atoms with Crippen LogP contribution < -0.4 is 10.6 Å². The first-order chi connectivity index (χ1) is 9.52. The van der Waals surface area contributed by atoms with Crippen LogP contribution in [0.15, 0.2) is 0 Å². The van der Waals surface area contributed by atoms with Crippen LogP contribution in [0, 0.1) is 5.92 Å².